The molecule has 144 valence electrons. The molecule has 0 heterocycles. The van der Waals surface area contributed by atoms with Crippen molar-refractivity contribution in [3.05, 3.63) is 0 Å². The zero-order chi connectivity index (χ0) is 20.3. The molecule has 0 radical (unpaired) electrons. The Kier molecular flexibility index (Phi) is 15.5. The van der Waals surface area contributed by atoms with Crippen LogP contribution >= 0.6 is 0 Å². The van der Waals surface area contributed by atoms with Gasteiger partial charge in [0, 0.05) is 0 Å². The zero-order valence-corrected chi connectivity index (χ0v) is 16.9. The number of carbonyl (C=O) groups is 1. The van der Waals surface area contributed by atoms with Crippen LogP contribution in [0.4, 0.5) is 0 Å². The summed E-state index contributed by atoms with van der Waals surface area (Å²) in [6, 6.07) is 0. The average molecular weight is 341 g/mol. The van der Waals surface area contributed by atoms with Crippen molar-refractivity contribution in [1.29, 1.82) is 0 Å². The first-order chi connectivity index (χ1) is 9.42. The van der Waals surface area contributed by atoms with Gasteiger partial charge < -0.3 is 25.5 Å². The molecule has 0 saturated carbocycles. The predicted molar refractivity (Wildman–Crippen MR) is 94.5 cm³/mol. The van der Waals surface area contributed by atoms with E-state index in [0.29, 0.717) is 0 Å². The SMILES string of the molecule is CC(C)(C)O.CC(C)(C)O.CC(C)(C)O.CC(C)(O)CC(=O)O. The molecule has 0 rings (SSSR count). The fourth-order valence-electron chi connectivity index (χ4n) is 0.370. The summed E-state index contributed by atoms with van der Waals surface area (Å²) in [5.41, 5.74) is -2.58. The van der Waals surface area contributed by atoms with Crippen molar-refractivity contribution in [1.82, 2.24) is 0 Å². The van der Waals surface area contributed by atoms with Crippen LogP contribution in [0.25, 0.3) is 0 Å². The van der Waals surface area contributed by atoms with Crippen molar-refractivity contribution < 1.29 is 30.3 Å². The lowest BCUT2D eigenvalue weighted by atomic mass is 10.1. The van der Waals surface area contributed by atoms with Crippen molar-refractivity contribution in [2.24, 2.45) is 0 Å². The summed E-state index contributed by atoms with van der Waals surface area (Å²) in [6.45, 7) is 18.6. The van der Waals surface area contributed by atoms with E-state index in [1.54, 1.807) is 62.3 Å². The first-order valence-corrected chi connectivity index (χ1v) is 7.53. The third kappa shape index (κ3) is 428. The Morgan fingerprint density at radius 1 is 0.609 bits per heavy atom. The van der Waals surface area contributed by atoms with Crippen molar-refractivity contribution in [3.8, 4) is 0 Å². The van der Waals surface area contributed by atoms with Crippen LogP contribution in [-0.2, 0) is 4.79 Å². The highest BCUT2D eigenvalue weighted by molar-refractivity contribution is 5.67. The summed E-state index contributed by atoms with van der Waals surface area (Å²) in [4.78, 5) is 9.85. The number of rotatable bonds is 2. The summed E-state index contributed by atoms with van der Waals surface area (Å²) in [5, 5.41) is 42.5. The molecule has 0 aromatic carbocycles. The molecule has 0 saturated heterocycles. The Bertz CT molecular complexity index is 238. The van der Waals surface area contributed by atoms with E-state index < -0.39 is 28.4 Å². The monoisotopic (exact) mass is 340 g/mol. The van der Waals surface area contributed by atoms with Gasteiger partial charge >= 0.3 is 5.97 Å². The zero-order valence-electron chi connectivity index (χ0n) is 16.9. The molecule has 0 spiro atoms. The van der Waals surface area contributed by atoms with E-state index >= 15 is 0 Å². The fourth-order valence-corrected chi connectivity index (χ4v) is 0.370. The highest BCUT2D eigenvalue weighted by Crippen LogP contribution is 2.05. The van der Waals surface area contributed by atoms with Gasteiger partial charge in [0.1, 0.15) is 0 Å². The van der Waals surface area contributed by atoms with Crippen LogP contribution in [0.15, 0.2) is 0 Å². The van der Waals surface area contributed by atoms with E-state index in [-0.39, 0.29) is 6.42 Å². The summed E-state index contributed by atoms with van der Waals surface area (Å²) in [7, 11) is 0. The molecule has 0 aromatic rings. The first kappa shape index (κ1) is 30.2. The Labute approximate surface area is 142 Å². The highest BCUT2D eigenvalue weighted by Gasteiger charge is 2.16. The molecule has 0 fully saturated rings. The third-order valence-corrected chi connectivity index (χ3v) is 0.584. The number of aliphatic carboxylic acids is 1. The van der Waals surface area contributed by atoms with Gasteiger partial charge in [0.25, 0.3) is 0 Å². The molecule has 23 heavy (non-hydrogen) atoms. The second-order valence-corrected chi connectivity index (χ2v) is 8.90. The van der Waals surface area contributed by atoms with Gasteiger partial charge in [-0.25, -0.2) is 0 Å². The van der Waals surface area contributed by atoms with Gasteiger partial charge in [-0.05, 0) is 76.2 Å². The number of aliphatic hydroxyl groups is 4. The second kappa shape index (κ2) is 11.8. The van der Waals surface area contributed by atoms with Gasteiger partial charge in [-0.2, -0.15) is 0 Å². The average Bonchev–Trinajstić information content (AvgIpc) is 1.84. The Hall–Kier alpha value is -0.690. The van der Waals surface area contributed by atoms with E-state index in [9.17, 15) is 4.79 Å². The highest BCUT2D eigenvalue weighted by atomic mass is 16.4. The fraction of sp³-hybridized carbons (Fsp3) is 0.941. The maximum Gasteiger partial charge on any atom is 0.306 e. The number of carboxylic acids is 1. The number of hydrogen-bond acceptors (Lipinski definition) is 5. The lowest BCUT2D eigenvalue weighted by molar-refractivity contribution is -0.141. The summed E-state index contributed by atoms with van der Waals surface area (Å²) < 4.78 is 0. The minimum absolute atomic E-state index is 0.201. The van der Waals surface area contributed by atoms with E-state index in [1.807, 2.05) is 0 Å². The largest absolute Gasteiger partial charge is 0.481 e. The van der Waals surface area contributed by atoms with Crippen molar-refractivity contribution >= 4 is 5.97 Å². The van der Waals surface area contributed by atoms with E-state index in [1.165, 1.54) is 13.8 Å². The molecule has 5 N–H and O–H groups in total. The van der Waals surface area contributed by atoms with Crippen LogP contribution in [0.3, 0.4) is 0 Å². The summed E-state index contributed by atoms with van der Waals surface area (Å²) in [6.07, 6.45) is -0.201. The molecule has 0 aliphatic carbocycles. The van der Waals surface area contributed by atoms with Gasteiger partial charge in [-0.3, -0.25) is 4.79 Å². The van der Waals surface area contributed by atoms with Gasteiger partial charge in [0.15, 0.2) is 0 Å². The quantitative estimate of drug-likeness (QED) is 0.527. The maximum atomic E-state index is 9.85. The Morgan fingerprint density at radius 2 is 0.739 bits per heavy atom. The Balaban J connectivity index is -0.000000108. The van der Waals surface area contributed by atoms with Crippen LogP contribution in [0.1, 0.15) is 82.6 Å². The molecular weight excluding hydrogens is 300 g/mol. The molecule has 0 aliphatic rings. The molecule has 6 heteroatoms. The van der Waals surface area contributed by atoms with E-state index in [0.717, 1.165) is 0 Å². The molecule has 0 aliphatic heterocycles. The van der Waals surface area contributed by atoms with Crippen molar-refractivity contribution in [3.63, 3.8) is 0 Å². The van der Waals surface area contributed by atoms with Crippen LogP contribution in [0.5, 0.6) is 0 Å². The standard InChI is InChI=1S/C5H10O3.3C4H10O/c1-5(2,8)3-4(6)7;3*1-4(2,3)5/h8H,3H2,1-2H3,(H,6,7);3*5H,1-3H3. The maximum absolute atomic E-state index is 9.85. The van der Waals surface area contributed by atoms with Crippen LogP contribution in [-0.4, -0.2) is 53.9 Å². The number of carboxylic acid groups (broad SMARTS) is 1. The minimum Gasteiger partial charge on any atom is -0.481 e. The molecule has 0 amide bonds. The van der Waals surface area contributed by atoms with E-state index in [2.05, 4.69) is 0 Å². The van der Waals surface area contributed by atoms with Crippen LogP contribution < -0.4 is 0 Å². The normalized spacial score (nSPS) is 11.8. The third-order valence-electron chi connectivity index (χ3n) is 0.584. The molecule has 0 bridgehead atoms. The number of hydrogen-bond donors (Lipinski definition) is 5. The molecule has 6 nitrogen and oxygen atoms in total. The van der Waals surface area contributed by atoms with Crippen molar-refractivity contribution in [2.45, 2.75) is 105 Å². The molecule has 0 atom stereocenters. The molecule has 0 unspecified atom stereocenters. The molecular formula is C17H40O6. The lowest BCUT2D eigenvalue weighted by Gasteiger charge is -2.12. The van der Waals surface area contributed by atoms with Gasteiger partial charge in [-0.15, -0.1) is 0 Å². The van der Waals surface area contributed by atoms with Gasteiger partial charge in [0.05, 0.1) is 28.8 Å². The second-order valence-electron chi connectivity index (χ2n) is 8.90. The summed E-state index contributed by atoms with van der Waals surface area (Å²) in [5.74, 6) is -0.975. The first-order valence-electron chi connectivity index (χ1n) is 7.53. The topological polar surface area (TPSA) is 118 Å². The van der Waals surface area contributed by atoms with Crippen LogP contribution in [0.2, 0.25) is 0 Å². The summed E-state index contributed by atoms with van der Waals surface area (Å²) >= 11 is 0. The lowest BCUT2D eigenvalue weighted by Crippen LogP contribution is -2.22. The van der Waals surface area contributed by atoms with Gasteiger partial charge in [-0.1, -0.05) is 0 Å². The molecule has 0 aromatic heterocycles. The smallest absolute Gasteiger partial charge is 0.306 e. The van der Waals surface area contributed by atoms with Gasteiger partial charge in [0.2, 0.25) is 0 Å². The Morgan fingerprint density at radius 3 is 0.739 bits per heavy atom. The predicted octanol–water partition coefficient (Wildman–Crippen LogP) is 2.56. The minimum atomic E-state index is -1.08. The van der Waals surface area contributed by atoms with Crippen LogP contribution in [0, 0.1) is 0 Å². The van der Waals surface area contributed by atoms with Crippen molar-refractivity contribution in [2.75, 3.05) is 0 Å². The van der Waals surface area contributed by atoms with E-state index in [4.69, 9.17) is 25.5 Å².